The summed E-state index contributed by atoms with van der Waals surface area (Å²) in [6, 6.07) is 7.93. The zero-order valence-corrected chi connectivity index (χ0v) is 14.7. The monoisotopic (exact) mass is 344 g/mol. The van der Waals surface area contributed by atoms with Gasteiger partial charge in [-0.1, -0.05) is 35.0 Å². The summed E-state index contributed by atoms with van der Waals surface area (Å²) in [7, 11) is 2.03. The molecule has 2 heterocycles. The topological polar surface area (TPSA) is 74.2 Å². The van der Waals surface area contributed by atoms with Crippen molar-refractivity contribution < 1.29 is 14.4 Å². The lowest BCUT2D eigenvalue weighted by atomic mass is 10.0. The molecule has 1 aromatic carbocycles. The van der Waals surface area contributed by atoms with E-state index in [1.807, 2.05) is 38.2 Å². The van der Waals surface area contributed by atoms with Gasteiger partial charge in [-0.3, -0.25) is 9.59 Å². The molecule has 2 aliphatic heterocycles. The number of aryl methyl sites for hydroxylation is 1. The Morgan fingerprint density at radius 3 is 2.56 bits per heavy atom. The van der Waals surface area contributed by atoms with E-state index in [1.54, 1.807) is 4.90 Å². The summed E-state index contributed by atoms with van der Waals surface area (Å²) in [6.45, 7) is 5.14. The van der Waals surface area contributed by atoms with E-state index in [9.17, 15) is 9.59 Å². The molecule has 0 aromatic heterocycles. The Balaban J connectivity index is 1.45. The third-order valence-corrected chi connectivity index (χ3v) is 4.62. The molecule has 7 nitrogen and oxygen atoms in total. The van der Waals surface area contributed by atoms with Gasteiger partial charge in [0.15, 0.2) is 0 Å². The van der Waals surface area contributed by atoms with Crippen molar-refractivity contribution in [2.75, 3.05) is 39.8 Å². The molecule has 0 spiro atoms. The van der Waals surface area contributed by atoms with Gasteiger partial charge in [-0.05, 0) is 19.5 Å². The second-order valence-electron chi connectivity index (χ2n) is 6.60. The molecule has 0 unspecified atom stereocenters. The van der Waals surface area contributed by atoms with Crippen molar-refractivity contribution in [2.45, 2.75) is 19.4 Å². The average molecular weight is 344 g/mol. The number of rotatable bonds is 4. The second-order valence-corrected chi connectivity index (χ2v) is 6.60. The minimum atomic E-state index is -0.670. The van der Waals surface area contributed by atoms with Crippen molar-refractivity contribution in [3.05, 3.63) is 35.4 Å². The molecule has 1 aromatic rings. The lowest BCUT2D eigenvalue weighted by Crippen LogP contribution is -2.50. The number of piperazine rings is 1. The zero-order valence-electron chi connectivity index (χ0n) is 14.7. The standard InChI is InChI=1S/C18H24N4O3/c1-13-3-5-14(6-4-13)15-11-16(25-20-15)18(24)19-12-17(23)22-9-7-21(2)8-10-22/h3-6,16H,7-12H2,1-2H3,(H,19,24)/t16-/m1/s1. The van der Waals surface area contributed by atoms with E-state index in [2.05, 4.69) is 15.4 Å². The lowest BCUT2D eigenvalue weighted by molar-refractivity contribution is -0.137. The van der Waals surface area contributed by atoms with Crippen LogP contribution >= 0.6 is 0 Å². The summed E-state index contributed by atoms with van der Waals surface area (Å²) in [5.74, 6) is -0.354. The smallest absolute Gasteiger partial charge is 0.264 e. The fourth-order valence-corrected chi connectivity index (χ4v) is 2.88. The van der Waals surface area contributed by atoms with Crippen molar-refractivity contribution in [3.8, 4) is 0 Å². The van der Waals surface area contributed by atoms with Crippen LogP contribution in [0.3, 0.4) is 0 Å². The number of nitrogens with zero attached hydrogens (tertiary/aromatic N) is 3. The minimum absolute atomic E-state index is 0.00225. The fraction of sp³-hybridized carbons (Fsp3) is 0.500. The van der Waals surface area contributed by atoms with Crippen molar-refractivity contribution in [1.29, 1.82) is 0 Å². The summed E-state index contributed by atoms with van der Waals surface area (Å²) in [4.78, 5) is 33.6. The van der Waals surface area contributed by atoms with Gasteiger partial charge in [0.1, 0.15) is 0 Å². The summed E-state index contributed by atoms with van der Waals surface area (Å²) in [5, 5.41) is 6.69. The first-order chi connectivity index (χ1) is 12.0. The first-order valence-corrected chi connectivity index (χ1v) is 8.56. The number of amides is 2. The molecule has 0 saturated carbocycles. The second kappa shape index (κ2) is 7.65. The molecule has 0 radical (unpaired) electrons. The van der Waals surface area contributed by atoms with Gasteiger partial charge in [-0.25, -0.2) is 0 Å². The lowest BCUT2D eigenvalue weighted by Gasteiger charge is -2.32. The Labute approximate surface area is 147 Å². The van der Waals surface area contributed by atoms with Crippen molar-refractivity contribution in [1.82, 2.24) is 15.1 Å². The molecule has 1 saturated heterocycles. The van der Waals surface area contributed by atoms with E-state index in [0.717, 1.165) is 24.4 Å². The number of likely N-dealkylation sites (N-methyl/N-ethyl adjacent to an activating group) is 1. The number of carbonyl (C=O) groups excluding carboxylic acids is 2. The van der Waals surface area contributed by atoms with E-state index >= 15 is 0 Å². The maximum absolute atomic E-state index is 12.2. The number of nitrogens with one attached hydrogen (secondary N) is 1. The van der Waals surface area contributed by atoms with Gasteiger partial charge >= 0.3 is 0 Å². The van der Waals surface area contributed by atoms with Gasteiger partial charge in [0.25, 0.3) is 5.91 Å². The number of carbonyl (C=O) groups is 2. The molecule has 134 valence electrons. The maximum atomic E-state index is 12.2. The van der Waals surface area contributed by atoms with E-state index in [-0.39, 0.29) is 18.4 Å². The highest BCUT2D eigenvalue weighted by Gasteiger charge is 2.29. The predicted octanol–water partition coefficient (Wildman–Crippen LogP) is 0.378. The van der Waals surface area contributed by atoms with E-state index in [4.69, 9.17) is 4.84 Å². The Morgan fingerprint density at radius 1 is 1.20 bits per heavy atom. The Kier molecular flexibility index (Phi) is 5.33. The SMILES string of the molecule is Cc1ccc(C2=NO[C@@H](C(=O)NCC(=O)N3CCN(C)CC3)C2)cc1. The normalized spacial score (nSPS) is 20.8. The minimum Gasteiger partial charge on any atom is -0.382 e. The molecular formula is C18H24N4O3. The summed E-state index contributed by atoms with van der Waals surface area (Å²) < 4.78 is 0. The molecule has 1 fully saturated rings. The third-order valence-electron chi connectivity index (χ3n) is 4.62. The Hall–Kier alpha value is -2.41. The molecule has 2 amide bonds. The largest absolute Gasteiger partial charge is 0.382 e. The highest BCUT2D eigenvalue weighted by Crippen LogP contribution is 2.17. The molecule has 1 atom stereocenters. The Morgan fingerprint density at radius 2 is 1.88 bits per heavy atom. The van der Waals surface area contributed by atoms with Crippen LogP contribution in [0.4, 0.5) is 0 Å². The van der Waals surface area contributed by atoms with E-state index in [1.165, 1.54) is 5.56 Å². The highest BCUT2D eigenvalue weighted by molar-refractivity contribution is 6.04. The number of hydrogen-bond acceptors (Lipinski definition) is 5. The first kappa shape index (κ1) is 17.4. The first-order valence-electron chi connectivity index (χ1n) is 8.56. The van der Waals surface area contributed by atoms with Crippen molar-refractivity contribution in [2.24, 2.45) is 5.16 Å². The van der Waals surface area contributed by atoms with Crippen molar-refractivity contribution >= 4 is 17.5 Å². The average Bonchev–Trinajstić information content (AvgIpc) is 3.11. The fourth-order valence-electron chi connectivity index (χ4n) is 2.88. The van der Waals surface area contributed by atoms with Crippen LogP contribution in [-0.2, 0) is 14.4 Å². The van der Waals surface area contributed by atoms with Gasteiger partial charge in [-0.2, -0.15) is 0 Å². The van der Waals surface area contributed by atoms with Crippen LogP contribution in [-0.4, -0.2) is 73.2 Å². The van der Waals surface area contributed by atoms with Gasteiger partial charge in [0, 0.05) is 32.6 Å². The number of oxime groups is 1. The third kappa shape index (κ3) is 4.36. The summed E-state index contributed by atoms with van der Waals surface area (Å²) in [5.41, 5.74) is 2.87. The van der Waals surface area contributed by atoms with Crippen LogP contribution in [0.1, 0.15) is 17.5 Å². The van der Waals surface area contributed by atoms with Gasteiger partial charge < -0.3 is 20.0 Å². The Bertz CT molecular complexity index is 663. The number of hydrogen-bond donors (Lipinski definition) is 1. The van der Waals surface area contributed by atoms with Crippen molar-refractivity contribution in [3.63, 3.8) is 0 Å². The molecule has 3 rings (SSSR count). The molecule has 2 aliphatic rings. The van der Waals surface area contributed by atoms with Gasteiger partial charge in [0.05, 0.1) is 12.3 Å². The zero-order chi connectivity index (χ0) is 17.8. The molecule has 25 heavy (non-hydrogen) atoms. The van der Waals surface area contributed by atoms with Crippen LogP contribution in [0.15, 0.2) is 29.4 Å². The molecular weight excluding hydrogens is 320 g/mol. The van der Waals surface area contributed by atoms with Gasteiger partial charge in [0.2, 0.25) is 12.0 Å². The van der Waals surface area contributed by atoms with Crippen LogP contribution in [0.25, 0.3) is 0 Å². The molecule has 7 heteroatoms. The van der Waals surface area contributed by atoms with E-state index < -0.39 is 6.10 Å². The van der Waals surface area contributed by atoms with Crippen LogP contribution in [0.5, 0.6) is 0 Å². The van der Waals surface area contributed by atoms with E-state index in [0.29, 0.717) is 19.5 Å². The van der Waals surface area contributed by atoms with Crippen LogP contribution in [0, 0.1) is 6.92 Å². The molecule has 0 aliphatic carbocycles. The quantitative estimate of drug-likeness (QED) is 0.857. The predicted molar refractivity (Wildman–Crippen MR) is 94.3 cm³/mol. The summed E-state index contributed by atoms with van der Waals surface area (Å²) >= 11 is 0. The van der Waals surface area contributed by atoms with Crippen LogP contribution < -0.4 is 5.32 Å². The highest BCUT2D eigenvalue weighted by atomic mass is 16.6. The maximum Gasteiger partial charge on any atom is 0.264 e. The van der Waals surface area contributed by atoms with Crippen LogP contribution in [0.2, 0.25) is 0 Å². The number of benzene rings is 1. The van der Waals surface area contributed by atoms with Gasteiger partial charge in [-0.15, -0.1) is 0 Å². The molecule has 0 bridgehead atoms. The summed E-state index contributed by atoms with van der Waals surface area (Å²) in [6.07, 6.45) is -0.256. The molecule has 1 N–H and O–H groups in total.